The van der Waals surface area contributed by atoms with Gasteiger partial charge in [-0.25, -0.2) is 0 Å². The van der Waals surface area contributed by atoms with Crippen molar-refractivity contribution in [1.29, 1.82) is 0 Å². The number of ether oxygens (including phenoxy) is 1. The Bertz CT molecular complexity index is 238. The van der Waals surface area contributed by atoms with Gasteiger partial charge in [0.25, 0.3) is 0 Å². The minimum atomic E-state index is -0.000910. The van der Waals surface area contributed by atoms with Crippen LogP contribution in [-0.4, -0.2) is 62.8 Å². The van der Waals surface area contributed by atoms with Gasteiger partial charge in [0.15, 0.2) is 0 Å². The molecule has 2 N–H and O–H groups in total. The minimum absolute atomic E-state index is 0.000910. The van der Waals surface area contributed by atoms with E-state index in [4.69, 9.17) is 4.74 Å². The highest BCUT2D eigenvalue weighted by Gasteiger charge is 2.28. The van der Waals surface area contributed by atoms with Crippen LogP contribution in [0, 0.1) is 0 Å². The third-order valence-corrected chi connectivity index (χ3v) is 3.19. The second-order valence-corrected chi connectivity index (χ2v) is 5.04. The normalized spacial score (nSPS) is 18.1. The van der Waals surface area contributed by atoms with Crippen molar-refractivity contribution in [2.45, 2.75) is 25.8 Å². The number of amides is 1. The standard InChI is InChI=1S/C12H25N3O2/c1-12(2,15-6-8-17-9-7-15)10-14-11(16)4-5-13-3/h13H,4-10H2,1-3H3,(H,14,16). The lowest BCUT2D eigenvalue weighted by Gasteiger charge is -2.40. The summed E-state index contributed by atoms with van der Waals surface area (Å²) in [6.07, 6.45) is 0.537. The molecule has 1 aliphatic heterocycles. The number of carbonyl (C=O) groups excluding carboxylic acids is 1. The molecule has 0 saturated carbocycles. The molecule has 0 spiro atoms. The summed E-state index contributed by atoms with van der Waals surface area (Å²) in [4.78, 5) is 13.9. The largest absolute Gasteiger partial charge is 0.379 e. The average molecular weight is 243 g/mol. The van der Waals surface area contributed by atoms with Gasteiger partial charge in [0, 0.05) is 38.1 Å². The van der Waals surface area contributed by atoms with E-state index in [9.17, 15) is 4.79 Å². The van der Waals surface area contributed by atoms with E-state index in [1.165, 1.54) is 0 Å². The number of hydrogen-bond donors (Lipinski definition) is 2. The molecule has 0 aromatic rings. The van der Waals surface area contributed by atoms with Crippen LogP contribution >= 0.6 is 0 Å². The zero-order valence-electron chi connectivity index (χ0n) is 11.2. The number of morpholine rings is 1. The van der Waals surface area contributed by atoms with Gasteiger partial charge >= 0.3 is 0 Å². The summed E-state index contributed by atoms with van der Waals surface area (Å²) in [7, 11) is 1.85. The van der Waals surface area contributed by atoms with Crippen molar-refractivity contribution < 1.29 is 9.53 Å². The third kappa shape index (κ3) is 5.02. The molecule has 0 aliphatic carbocycles. The van der Waals surface area contributed by atoms with Gasteiger partial charge in [-0.2, -0.15) is 0 Å². The van der Waals surface area contributed by atoms with Crippen molar-refractivity contribution in [1.82, 2.24) is 15.5 Å². The van der Waals surface area contributed by atoms with Gasteiger partial charge in [-0.1, -0.05) is 0 Å². The summed E-state index contributed by atoms with van der Waals surface area (Å²) in [6.45, 7) is 9.21. The van der Waals surface area contributed by atoms with Crippen LogP contribution in [0.3, 0.4) is 0 Å². The molecule has 1 aliphatic rings. The van der Waals surface area contributed by atoms with Crippen molar-refractivity contribution in [2.75, 3.05) is 46.4 Å². The monoisotopic (exact) mass is 243 g/mol. The van der Waals surface area contributed by atoms with E-state index in [0.717, 1.165) is 32.8 Å². The van der Waals surface area contributed by atoms with Gasteiger partial charge < -0.3 is 15.4 Å². The smallest absolute Gasteiger partial charge is 0.221 e. The second kappa shape index (κ2) is 6.93. The molecule has 0 bridgehead atoms. The van der Waals surface area contributed by atoms with Gasteiger partial charge in [-0.05, 0) is 20.9 Å². The Morgan fingerprint density at radius 2 is 2.00 bits per heavy atom. The summed E-state index contributed by atoms with van der Waals surface area (Å²) >= 11 is 0. The van der Waals surface area contributed by atoms with Crippen LogP contribution < -0.4 is 10.6 Å². The van der Waals surface area contributed by atoms with Crippen molar-refractivity contribution in [3.63, 3.8) is 0 Å². The molecule has 0 atom stereocenters. The van der Waals surface area contributed by atoms with Gasteiger partial charge in [0.2, 0.25) is 5.91 Å². The van der Waals surface area contributed by atoms with Crippen molar-refractivity contribution in [3.05, 3.63) is 0 Å². The van der Waals surface area contributed by atoms with Crippen molar-refractivity contribution in [2.24, 2.45) is 0 Å². The number of nitrogens with one attached hydrogen (secondary N) is 2. The molecule has 1 saturated heterocycles. The van der Waals surface area contributed by atoms with E-state index in [1.807, 2.05) is 7.05 Å². The maximum Gasteiger partial charge on any atom is 0.221 e. The molecule has 5 heteroatoms. The van der Waals surface area contributed by atoms with Crippen LogP contribution in [0.15, 0.2) is 0 Å². The first kappa shape index (κ1) is 14.4. The van der Waals surface area contributed by atoms with Crippen molar-refractivity contribution >= 4 is 5.91 Å². The van der Waals surface area contributed by atoms with E-state index in [0.29, 0.717) is 13.0 Å². The van der Waals surface area contributed by atoms with Gasteiger partial charge in [0.1, 0.15) is 0 Å². The van der Waals surface area contributed by atoms with Crippen LogP contribution in [0.25, 0.3) is 0 Å². The molecule has 1 rings (SSSR count). The summed E-state index contributed by atoms with van der Waals surface area (Å²) in [5, 5.41) is 5.96. The molecule has 1 amide bonds. The molecule has 1 heterocycles. The molecule has 0 aromatic heterocycles. The number of hydrogen-bond acceptors (Lipinski definition) is 4. The van der Waals surface area contributed by atoms with E-state index < -0.39 is 0 Å². The highest BCUT2D eigenvalue weighted by atomic mass is 16.5. The fourth-order valence-electron chi connectivity index (χ4n) is 1.92. The fourth-order valence-corrected chi connectivity index (χ4v) is 1.92. The predicted molar refractivity (Wildman–Crippen MR) is 68.0 cm³/mol. The Morgan fingerprint density at radius 1 is 1.35 bits per heavy atom. The van der Waals surface area contributed by atoms with E-state index in [1.54, 1.807) is 0 Å². The molecule has 5 nitrogen and oxygen atoms in total. The highest BCUT2D eigenvalue weighted by molar-refractivity contribution is 5.76. The van der Waals surface area contributed by atoms with Gasteiger partial charge in [-0.15, -0.1) is 0 Å². The average Bonchev–Trinajstić information content (AvgIpc) is 2.35. The Morgan fingerprint density at radius 3 is 2.59 bits per heavy atom. The summed E-state index contributed by atoms with van der Waals surface area (Å²) in [5.41, 5.74) is -0.000910. The summed E-state index contributed by atoms with van der Waals surface area (Å²) < 4.78 is 5.34. The highest BCUT2D eigenvalue weighted by Crippen LogP contribution is 2.14. The topological polar surface area (TPSA) is 53.6 Å². The number of rotatable bonds is 6. The molecular weight excluding hydrogens is 218 g/mol. The fraction of sp³-hybridized carbons (Fsp3) is 0.917. The number of nitrogens with zero attached hydrogens (tertiary/aromatic N) is 1. The lowest BCUT2D eigenvalue weighted by molar-refractivity contribution is -0.121. The summed E-state index contributed by atoms with van der Waals surface area (Å²) in [5.74, 6) is 0.112. The Kier molecular flexibility index (Phi) is 5.88. The quantitative estimate of drug-likeness (QED) is 0.680. The van der Waals surface area contributed by atoms with Crippen LogP contribution in [0.5, 0.6) is 0 Å². The van der Waals surface area contributed by atoms with Crippen LogP contribution in [-0.2, 0) is 9.53 Å². The zero-order chi connectivity index (χ0) is 12.7. The molecule has 0 unspecified atom stereocenters. The first-order chi connectivity index (χ1) is 8.06. The second-order valence-electron chi connectivity index (χ2n) is 5.04. The Balaban J connectivity index is 2.29. The SMILES string of the molecule is CNCCC(=O)NCC(C)(C)N1CCOCC1. The lowest BCUT2D eigenvalue weighted by atomic mass is 10.0. The predicted octanol–water partition coefficient (Wildman–Crippen LogP) is -0.177. The van der Waals surface area contributed by atoms with Crippen LogP contribution in [0.4, 0.5) is 0 Å². The molecular formula is C12H25N3O2. The zero-order valence-corrected chi connectivity index (χ0v) is 11.2. The van der Waals surface area contributed by atoms with E-state index in [2.05, 4.69) is 29.4 Å². The third-order valence-electron chi connectivity index (χ3n) is 3.19. The van der Waals surface area contributed by atoms with Crippen LogP contribution in [0.2, 0.25) is 0 Å². The molecule has 17 heavy (non-hydrogen) atoms. The van der Waals surface area contributed by atoms with E-state index >= 15 is 0 Å². The lowest BCUT2D eigenvalue weighted by Crippen LogP contribution is -2.55. The van der Waals surface area contributed by atoms with Crippen LogP contribution in [0.1, 0.15) is 20.3 Å². The first-order valence-corrected chi connectivity index (χ1v) is 6.30. The Labute approximate surface area is 104 Å². The molecule has 100 valence electrons. The molecule has 0 radical (unpaired) electrons. The van der Waals surface area contributed by atoms with Gasteiger partial charge in [0.05, 0.1) is 13.2 Å². The van der Waals surface area contributed by atoms with Gasteiger partial charge in [-0.3, -0.25) is 9.69 Å². The maximum absolute atomic E-state index is 11.5. The maximum atomic E-state index is 11.5. The van der Waals surface area contributed by atoms with Crippen molar-refractivity contribution in [3.8, 4) is 0 Å². The Hall–Kier alpha value is -0.650. The number of carbonyl (C=O) groups is 1. The summed E-state index contributed by atoms with van der Waals surface area (Å²) in [6, 6.07) is 0. The minimum Gasteiger partial charge on any atom is -0.379 e. The molecule has 0 aromatic carbocycles. The first-order valence-electron chi connectivity index (χ1n) is 6.30. The van der Waals surface area contributed by atoms with E-state index in [-0.39, 0.29) is 11.4 Å². The molecule has 1 fully saturated rings.